The highest BCUT2D eigenvalue weighted by Crippen LogP contribution is 2.31. The van der Waals surface area contributed by atoms with Crippen molar-refractivity contribution in [2.24, 2.45) is 0 Å². The molecule has 16 heteroatoms. The SMILES string of the molecule is CCS(=O)(=O)Nc1ccc(S(=O)(=O)Cc2nc(C(=O)NCC(=O)N3CC(F)(F)C[C@H]3C#N)cs2)cc1. The highest BCUT2D eigenvalue weighted by molar-refractivity contribution is 7.92. The van der Waals surface area contributed by atoms with Crippen molar-refractivity contribution in [3.63, 3.8) is 0 Å². The molecule has 1 aliphatic heterocycles. The van der Waals surface area contributed by atoms with Gasteiger partial charge in [0.1, 0.15) is 22.5 Å². The fraction of sp³-hybridized carbons (Fsp3) is 0.400. The number of anilines is 1. The Morgan fingerprint density at radius 3 is 2.53 bits per heavy atom. The quantitative estimate of drug-likeness (QED) is 0.463. The number of benzene rings is 1. The van der Waals surface area contributed by atoms with E-state index >= 15 is 0 Å². The molecule has 1 fully saturated rings. The van der Waals surface area contributed by atoms with Crippen molar-refractivity contribution >= 4 is 48.7 Å². The molecular weight excluding hydrogens is 540 g/mol. The molecule has 0 spiro atoms. The van der Waals surface area contributed by atoms with Crippen molar-refractivity contribution in [1.29, 1.82) is 5.26 Å². The Morgan fingerprint density at radius 1 is 1.25 bits per heavy atom. The summed E-state index contributed by atoms with van der Waals surface area (Å²) >= 11 is 0.896. The van der Waals surface area contributed by atoms with Gasteiger partial charge in [-0.05, 0) is 31.2 Å². The van der Waals surface area contributed by atoms with Crippen LogP contribution in [0.2, 0.25) is 0 Å². The first-order valence-electron chi connectivity index (χ1n) is 10.4. The highest BCUT2D eigenvalue weighted by Gasteiger charge is 2.47. The number of hydrogen-bond donors (Lipinski definition) is 2. The highest BCUT2D eigenvalue weighted by atomic mass is 32.2. The summed E-state index contributed by atoms with van der Waals surface area (Å²) in [5.41, 5.74) is 0.0446. The van der Waals surface area contributed by atoms with E-state index in [0.717, 1.165) is 11.3 Å². The lowest BCUT2D eigenvalue weighted by molar-refractivity contribution is -0.131. The van der Waals surface area contributed by atoms with Gasteiger partial charge in [-0.1, -0.05) is 0 Å². The number of likely N-dealkylation sites (tertiary alicyclic amines) is 1. The number of nitrogens with one attached hydrogen (secondary N) is 2. The maximum Gasteiger partial charge on any atom is 0.271 e. The third-order valence-corrected chi connectivity index (χ3v) is 9.09. The molecular formula is C20H21F2N5O6S3. The van der Waals surface area contributed by atoms with Gasteiger partial charge in [0.25, 0.3) is 11.8 Å². The zero-order valence-electron chi connectivity index (χ0n) is 18.8. The molecule has 3 rings (SSSR count). The Bertz CT molecular complexity index is 1400. The first-order valence-corrected chi connectivity index (χ1v) is 14.6. The number of thiazole rings is 1. The van der Waals surface area contributed by atoms with Gasteiger partial charge in [0, 0.05) is 17.5 Å². The number of sulfonamides is 1. The first kappa shape index (κ1) is 27.4. The van der Waals surface area contributed by atoms with Crippen LogP contribution in [-0.2, 0) is 30.4 Å². The Balaban J connectivity index is 1.60. The van der Waals surface area contributed by atoms with E-state index in [2.05, 4.69) is 15.0 Å². The van der Waals surface area contributed by atoms with E-state index in [1.165, 1.54) is 36.6 Å². The number of rotatable bonds is 9. The number of nitriles is 1. The molecule has 0 unspecified atom stereocenters. The maximum atomic E-state index is 13.5. The zero-order chi connectivity index (χ0) is 26.7. The second kappa shape index (κ2) is 10.4. The summed E-state index contributed by atoms with van der Waals surface area (Å²) in [5.74, 6) is -5.52. The van der Waals surface area contributed by atoms with E-state index in [1.54, 1.807) is 6.07 Å². The number of sulfone groups is 1. The molecule has 0 bridgehead atoms. The molecule has 1 aliphatic rings. The number of halogens is 2. The van der Waals surface area contributed by atoms with Gasteiger partial charge in [-0.25, -0.2) is 30.6 Å². The van der Waals surface area contributed by atoms with E-state index in [0.29, 0.717) is 4.90 Å². The Hall–Kier alpha value is -3.16. The molecule has 194 valence electrons. The third-order valence-electron chi connectivity index (χ3n) is 5.10. The average molecular weight is 562 g/mol. The van der Waals surface area contributed by atoms with Crippen LogP contribution in [0.5, 0.6) is 0 Å². The lowest BCUT2D eigenvalue weighted by Gasteiger charge is -2.19. The summed E-state index contributed by atoms with van der Waals surface area (Å²) in [6.45, 7) is -0.0864. The van der Waals surface area contributed by atoms with Crippen molar-refractivity contribution in [3.8, 4) is 6.07 Å². The lowest BCUT2D eigenvalue weighted by Crippen LogP contribution is -2.43. The van der Waals surface area contributed by atoms with Gasteiger partial charge >= 0.3 is 0 Å². The Labute approximate surface area is 210 Å². The number of amides is 2. The molecule has 2 N–H and O–H groups in total. The molecule has 0 saturated carbocycles. The van der Waals surface area contributed by atoms with E-state index < -0.39 is 68.9 Å². The minimum atomic E-state index is -3.87. The molecule has 2 amide bonds. The molecule has 1 atom stereocenters. The number of alkyl halides is 2. The number of hydrogen-bond acceptors (Lipinski definition) is 9. The molecule has 1 saturated heterocycles. The van der Waals surface area contributed by atoms with E-state index in [9.17, 15) is 35.2 Å². The fourth-order valence-corrected chi connectivity index (χ4v) is 6.29. The third kappa shape index (κ3) is 6.74. The fourth-order valence-electron chi connectivity index (χ4n) is 3.25. The first-order chi connectivity index (χ1) is 16.7. The minimum absolute atomic E-state index is 0.0804. The average Bonchev–Trinajstić information content (AvgIpc) is 3.40. The summed E-state index contributed by atoms with van der Waals surface area (Å²) in [6.07, 6.45) is -0.774. The van der Waals surface area contributed by atoms with Crippen LogP contribution in [0.4, 0.5) is 14.5 Å². The molecule has 1 aromatic carbocycles. The molecule has 36 heavy (non-hydrogen) atoms. The predicted molar refractivity (Wildman–Crippen MR) is 126 cm³/mol. The van der Waals surface area contributed by atoms with Crippen molar-refractivity contribution in [3.05, 3.63) is 40.3 Å². The van der Waals surface area contributed by atoms with Gasteiger partial charge in [-0.2, -0.15) is 5.26 Å². The molecule has 0 aliphatic carbocycles. The normalized spacial score (nSPS) is 17.4. The van der Waals surface area contributed by atoms with Gasteiger partial charge in [0.05, 0.1) is 29.8 Å². The molecule has 1 aromatic heterocycles. The van der Waals surface area contributed by atoms with Crippen LogP contribution in [0, 0.1) is 11.3 Å². The topological polar surface area (TPSA) is 166 Å². The maximum absolute atomic E-state index is 13.5. The summed E-state index contributed by atoms with van der Waals surface area (Å²) in [7, 11) is -7.39. The van der Waals surface area contributed by atoms with Crippen LogP contribution in [0.3, 0.4) is 0 Å². The van der Waals surface area contributed by atoms with Crippen molar-refractivity contribution in [2.75, 3.05) is 23.6 Å². The second-order valence-corrected chi connectivity index (χ2v) is 12.8. The molecule has 11 nitrogen and oxygen atoms in total. The Morgan fingerprint density at radius 2 is 1.92 bits per heavy atom. The van der Waals surface area contributed by atoms with Gasteiger partial charge in [0.15, 0.2) is 9.84 Å². The molecule has 0 radical (unpaired) electrons. The standard InChI is InChI=1S/C20H21F2N5O6S3/c1-2-36(32,33)26-13-3-5-15(6-4-13)35(30,31)11-17-25-16(10-34-17)19(29)24-9-18(28)27-12-20(21,22)7-14(27)8-23/h3-6,10,14,26H,2,7,9,11-12H2,1H3,(H,24,29)/t14-/m0/s1. The largest absolute Gasteiger partial charge is 0.342 e. The Kier molecular flexibility index (Phi) is 7.96. The van der Waals surface area contributed by atoms with E-state index in [1.807, 2.05) is 0 Å². The smallest absolute Gasteiger partial charge is 0.271 e. The van der Waals surface area contributed by atoms with Gasteiger partial charge in [-0.15, -0.1) is 11.3 Å². The number of aromatic nitrogens is 1. The zero-order valence-corrected chi connectivity index (χ0v) is 21.2. The molecule has 2 aromatic rings. The van der Waals surface area contributed by atoms with Gasteiger partial charge < -0.3 is 10.2 Å². The van der Waals surface area contributed by atoms with Crippen LogP contribution in [0.15, 0.2) is 34.5 Å². The van der Waals surface area contributed by atoms with Crippen LogP contribution in [-0.4, -0.2) is 69.3 Å². The predicted octanol–water partition coefficient (Wildman–Crippen LogP) is 1.37. The summed E-state index contributed by atoms with van der Waals surface area (Å²) in [4.78, 5) is 29.1. The molecule has 2 heterocycles. The van der Waals surface area contributed by atoms with Crippen molar-refractivity contribution in [1.82, 2.24) is 15.2 Å². The van der Waals surface area contributed by atoms with Crippen molar-refractivity contribution < 1.29 is 35.2 Å². The van der Waals surface area contributed by atoms with Crippen LogP contribution in [0.25, 0.3) is 0 Å². The van der Waals surface area contributed by atoms with Gasteiger partial charge in [-0.3, -0.25) is 14.3 Å². The summed E-state index contributed by atoms with van der Waals surface area (Å²) in [6, 6.07) is 5.45. The summed E-state index contributed by atoms with van der Waals surface area (Å²) < 4.78 is 77.9. The van der Waals surface area contributed by atoms with Crippen LogP contribution < -0.4 is 10.0 Å². The number of carbonyl (C=O) groups is 2. The van der Waals surface area contributed by atoms with Gasteiger partial charge in [0.2, 0.25) is 15.9 Å². The summed E-state index contributed by atoms with van der Waals surface area (Å²) in [5, 5.41) is 12.6. The minimum Gasteiger partial charge on any atom is -0.342 e. The number of nitrogens with zero attached hydrogens (tertiary/aromatic N) is 3. The lowest BCUT2D eigenvalue weighted by atomic mass is 10.2. The van der Waals surface area contributed by atoms with Crippen molar-refractivity contribution in [2.45, 2.75) is 36.0 Å². The second-order valence-electron chi connectivity index (χ2n) is 7.82. The monoisotopic (exact) mass is 561 g/mol. The van der Waals surface area contributed by atoms with E-state index in [4.69, 9.17) is 5.26 Å². The number of carbonyl (C=O) groups excluding carboxylic acids is 2. The van der Waals surface area contributed by atoms with Crippen LogP contribution >= 0.6 is 11.3 Å². The van der Waals surface area contributed by atoms with Crippen LogP contribution in [0.1, 0.15) is 28.8 Å². The van der Waals surface area contributed by atoms with E-state index in [-0.39, 0.29) is 27.0 Å².